The molecule has 0 aromatic rings. The summed E-state index contributed by atoms with van der Waals surface area (Å²) in [5, 5.41) is 3.32. The topological polar surface area (TPSA) is 44.8 Å². The van der Waals surface area contributed by atoms with E-state index in [0.717, 1.165) is 26.2 Å². The van der Waals surface area contributed by atoms with Gasteiger partial charge in [0.1, 0.15) is 6.04 Å². The zero-order chi connectivity index (χ0) is 14.5. The Kier molecular flexibility index (Phi) is 5.81. The Morgan fingerprint density at radius 1 is 1.30 bits per heavy atom. The number of nitrogens with zero attached hydrogens (tertiary/aromatic N) is 2. The average Bonchev–Trinajstić information content (AvgIpc) is 2.45. The molecule has 0 bridgehead atoms. The van der Waals surface area contributed by atoms with Crippen LogP contribution in [0.1, 0.15) is 33.1 Å². The van der Waals surface area contributed by atoms with Crippen LogP contribution in [0.5, 0.6) is 0 Å². The maximum Gasteiger partial charge on any atom is 0.324 e. The minimum atomic E-state index is -0.213. The van der Waals surface area contributed by atoms with Crippen molar-refractivity contribution < 1.29 is 9.53 Å². The van der Waals surface area contributed by atoms with E-state index >= 15 is 0 Å². The molecule has 2 saturated heterocycles. The lowest BCUT2D eigenvalue weighted by Crippen LogP contribution is -2.58. The summed E-state index contributed by atoms with van der Waals surface area (Å²) >= 11 is 0. The summed E-state index contributed by atoms with van der Waals surface area (Å²) in [6.45, 7) is 9.43. The first-order valence-electron chi connectivity index (χ1n) is 7.90. The summed E-state index contributed by atoms with van der Waals surface area (Å²) < 4.78 is 4.92. The summed E-state index contributed by atoms with van der Waals surface area (Å²) in [7, 11) is 1.47. The Morgan fingerprint density at radius 2 is 2.10 bits per heavy atom. The van der Waals surface area contributed by atoms with Crippen LogP contribution >= 0.6 is 0 Å². The predicted octanol–water partition coefficient (Wildman–Crippen LogP) is 0.696. The van der Waals surface area contributed by atoms with Gasteiger partial charge in [-0.05, 0) is 19.4 Å². The van der Waals surface area contributed by atoms with E-state index in [1.807, 2.05) is 0 Å². The van der Waals surface area contributed by atoms with Crippen LogP contribution in [0.4, 0.5) is 0 Å². The molecule has 1 N–H and O–H groups in total. The quantitative estimate of drug-likeness (QED) is 0.752. The van der Waals surface area contributed by atoms with Gasteiger partial charge in [0.2, 0.25) is 0 Å². The number of piperidine rings is 1. The smallest absolute Gasteiger partial charge is 0.324 e. The molecule has 2 aliphatic rings. The molecule has 0 spiro atoms. The van der Waals surface area contributed by atoms with Crippen LogP contribution in [0.3, 0.4) is 0 Å². The summed E-state index contributed by atoms with van der Waals surface area (Å²) in [5.74, 6) is -0.148. The number of hydrogen-bond donors (Lipinski definition) is 1. The number of ether oxygens (including phenoxy) is 1. The van der Waals surface area contributed by atoms with Gasteiger partial charge in [-0.15, -0.1) is 0 Å². The molecule has 0 aromatic heterocycles. The highest BCUT2D eigenvalue weighted by Crippen LogP contribution is 2.21. The van der Waals surface area contributed by atoms with Crippen LogP contribution in [0, 0.1) is 0 Å². The molecule has 2 heterocycles. The van der Waals surface area contributed by atoms with Gasteiger partial charge in [0, 0.05) is 38.3 Å². The number of fused-ring (bicyclic) bond motifs is 1. The first kappa shape index (κ1) is 15.7. The van der Waals surface area contributed by atoms with Gasteiger partial charge < -0.3 is 10.1 Å². The van der Waals surface area contributed by atoms with Gasteiger partial charge in [0.15, 0.2) is 0 Å². The lowest BCUT2D eigenvalue weighted by atomic mass is 9.99. The molecule has 2 aliphatic heterocycles. The molecule has 2 rings (SSSR count). The molecular weight excluding hydrogens is 254 g/mol. The fraction of sp³-hybridized carbons (Fsp3) is 0.933. The normalized spacial score (nSPS) is 26.3. The highest BCUT2D eigenvalue weighted by atomic mass is 16.5. The molecule has 0 aromatic carbocycles. The summed E-state index contributed by atoms with van der Waals surface area (Å²) in [5.41, 5.74) is 0. The van der Waals surface area contributed by atoms with Crippen molar-refractivity contribution >= 4 is 5.97 Å². The molecule has 2 atom stereocenters. The van der Waals surface area contributed by atoms with E-state index in [1.165, 1.54) is 32.9 Å². The van der Waals surface area contributed by atoms with Crippen LogP contribution in [-0.2, 0) is 9.53 Å². The minimum absolute atomic E-state index is 0.148. The molecule has 0 radical (unpaired) electrons. The van der Waals surface area contributed by atoms with E-state index in [-0.39, 0.29) is 18.1 Å². The van der Waals surface area contributed by atoms with E-state index < -0.39 is 0 Å². The lowest BCUT2D eigenvalue weighted by Gasteiger charge is -2.44. The van der Waals surface area contributed by atoms with Crippen LogP contribution in [0.25, 0.3) is 0 Å². The van der Waals surface area contributed by atoms with E-state index in [9.17, 15) is 4.79 Å². The number of rotatable bonds is 5. The molecule has 20 heavy (non-hydrogen) atoms. The van der Waals surface area contributed by atoms with Gasteiger partial charge in [-0.1, -0.05) is 20.3 Å². The highest BCUT2D eigenvalue weighted by molar-refractivity contribution is 5.76. The van der Waals surface area contributed by atoms with Crippen molar-refractivity contribution in [3.63, 3.8) is 0 Å². The Morgan fingerprint density at radius 3 is 2.80 bits per heavy atom. The number of esters is 1. The third-order valence-corrected chi connectivity index (χ3v) is 4.38. The molecule has 2 unspecified atom stereocenters. The molecule has 5 nitrogen and oxygen atoms in total. The number of piperazine rings is 1. The number of hydrogen-bond acceptors (Lipinski definition) is 5. The molecule has 0 amide bonds. The zero-order valence-corrected chi connectivity index (χ0v) is 13.1. The largest absolute Gasteiger partial charge is 0.468 e. The Bertz CT molecular complexity index is 322. The SMILES string of the molecule is COC(=O)C(CN1CCN2CCCCC2C1)NC(C)C. The van der Waals surface area contributed by atoms with Crippen molar-refractivity contribution in [3.05, 3.63) is 0 Å². The zero-order valence-electron chi connectivity index (χ0n) is 13.1. The summed E-state index contributed by atoms with van der Waals surface area (Å²) in [6.07, 6.45) is 3.99. The summed E-state index contributed by atoms with van der Waals surface area (Å²) in [6, 6.07) is 0.764. The fourth-order valence-electron chi connectivity index (χ4n) is 3.38. The number of carbonyl (C=O) groups is 1. The van der Waals surface area contributed by atoms with Gasteiger partial charge in [0.05, 0.1) is 7.11 Å². The summed E-state index contributed by atoms with van der Waals surface area (Å²) in [4.78, 5) is 16.9. The van der Waals surface area contributed by atoms with Gasteiger partial charge in [-0.3, -0.25) is 14.6 Å². The minimum Gasteiger partial charge on any atom is -0.468 e. The van der Waals surface area contributed by atoms with E-state index in [0.29, 0.717) is 6.04 Å². The van der Waals surface area contributed by atoms with Crippen LogP contribution in [0.2, 0.25) is 0 Å². The highest BCUT2D eigenvalue weighted by Gasteiger charge is 2.31. The molecule has 0 saturated carbocycles. The van der Waals surface area contributed by atoms with Crippen molar-refractivity contribution in [2.75, 3.05) is 39.8 Å². The standard InChI is InChI=1S/C15H29N3O2/c1-12(2)16-14(15(19)20-3)11-17-8-9-18-7-5-4-6-13(18)10-17/h12-14,16H,4-11H2,1-3H3. The average molecular weight is 283 g/mol. The molecule has 2 fully saturated rings. The van der Waals surface area contributed by atoms with E-state index in [2.05, 4.69) is 29.0 Å². The predicted molar refractivity (Wildman–Crippen MR) is 79.7 cm³/mol. The number of carbonyl (C=O) groups excluding carboxylic acids is 1. The molecule has 116 valence electrons. The van der Waals surface area contributed by atoms with Crippen molar-refractivity contribution in [1.82, 2.24) is 15.1 Å². The second-order valence-electron chi connectivity index (χ2n) is 6.34. The molecule has 5 heteroatoms. The van der Waals surface area contributed by atoms with Crippen molar-refractivity contribution in [1.29, 1.82) is 0 Å². The fourth-order valence-corrected chi connectivity index (χ4v) is 3.38. The first-order chi connectivity index (χ1) is 9.60. The van der Waals surface area contributed by atoms with Crippen LogP contribution in [-0.4, -0.2) is 73.7 Å². The van der Waals surface area contributed by atoms with Gasteiger partial charge in [0.25, 0.3) is 0 Å². The van der Waals surface area contributed by atoms with Crippen molar-refractivity contribution in [2.24, 2.45) is 0 Å². The maximum absolute atomic E-state index is 11.9. The molecule has 0 aliphatic carbocycles. The second-order valence-corrected chi connectivity index (χ2v) is 6.34. The number of methoxy groups -OCH3 is 1. The van der Waals surface area contributed by atoms with Crippen molar-refractivity contribution in [2.45, 2.75) is 51.2 Å². The third-order valence-electron chi connectivity index (χ3n) is 4.38. The van der Waals surface area contributed by atoms with Gasteiger partial charge >= 0.3 is 5.97 Å². The van der Waals surface area contributed by atoms with Gasteiger partial charge in [-0.25, -0.2) is 0 Å². The van der Waals surface area contributed by atoms with Crippen molar-refractivity contribution in [3.8, 4) is 0 Å². The Hall–Kier alpha value is -0.650. The second kappa shape index (κ2) is 7.38. The Balaban J connectivity index is 1.88. The van der Waals surface area contributed by atoms with Crippen LogP contribution in [0.15, 0.2) is 0 Å². The number of nitrogens with one attached hydrogen (secondary N) is 1. The monoisotopic (exact) mass is 283 g/mol. The third kappa shape index (κ3) is 4.17. The van der Waals surface area contributed by atoms with E-state index in [1.54, 1.807) is 0 Å². The maximum atomic E-state index is 11.9. The van der Waals surface area contributed by atoms with Crippen LogP contribution < -0.4 is 5.32 Å². The molecular formula is C15H29N3O2. The Labute approximate surface area is 122 Å². The first-order valence-corrected chi connectivity index (χ1v) is 7.90. The van der Waals surface area contributed by atoms with Gasteiger partial charge in [-0.2, -0.15) is 0 Å². The van der Waals surface area contributed by atoms with E-state index in [4.69, 9.17) is 4.74 Å². The lowest BCUT2D eigenvalue weighted by molar-refractivity contribution is -0.144.